The molecule has 0 amide bonds. The summed E-state index contributed by atoms with van der Waals surface area (Å²) in [5.41, 5.74) is 0.941. The Morgan fingerprint density at radius 2 is 1.67 bits per heavy atom. The van der Waals surface area contributed by atoms with Crippen molar-refractivity contribution in [2.45, 2.75) is 31.1 Å². The second kappa shape index (κ2) is 9.53. The number of hydrogen-bond acceptors (Lipinski definition) is 5. The third-order valence-corrected chi connectivity index (χ3v) is 5.30. The smallest absolute Gasteiger partial charge is 0.313 e. The van der Waals surface area contributed by atoms with Gasteiger partial charge in [0.1, 0.15) is 19.0 Å². The van der Waals surface area contributed by atoms with Crippen LogP contribution in [0.2, 0.25) is 0 Å². The molecule has 0 aliphatic rings. The summed E-state index contributed by atoms with van der Waals surface area (Å²) in [6, 6.07) is 15.3. The Balaban J connectivity index is 1.89. The summed E-state index contributed by atoms with van der Waals surface area (Å²) in [5.74, 6) is 0.0422. The maximum absolute atomic E-state index is 12.6. The van der Waals surface area contributed by atoms with Gasteiger partial charge in [0.15, 0.2) is 0 Å². The molecule has 2 rings (SSSR count). The molecule has 2 N–H and O–H groups in total. The summed E-state index contributed by atoms with van der Waals surface area (Å²) >= 11 is 0. The van der Waals surface area contributed by atoms with Crippen molar-refractivity contribution in [3.63, 3.8) is 0 Å². The Morgan fingerprint density at radius 3 is 2.22 bits per heavy atom. The van der Waals surface area contributed by atoms with E-state index in [-0.39, 0.29) is 35.9 Å². The average molecular weight is 391 g/mol. The molecule has 0 aromatic heterocycles. The highest BCUT2D eigenvalue weighted by molar-refractivity contribution is 7.89. The van der Waals surface area contributed by atoms with Gasteiger partial charge in [0.2, 0.25) is 10.0 Å². The van der Waals surface area contributed by atoms with Gasteiger partial charge in [0.05, 0.1) is 10.8 Å². The van der Waals surface area contributed by atoms with Crippen molar-refractivity contribution in [1.82, 2.24) is 0 Å². The SMILES string of the molecule is CC[C@H](C)[C@H](C(=O)OCCOc1ccc(S(N)(=O)=O)cc1)c1ccccc1. The van der Waals surface area contributed by atoms with Crippen LogP contribution in [0.5, 0.6) is 5.75 Å². The van der Waals surface area contributed by atoms with Crippen LogP contribution in [0.3, 0.4) is 0 Å². The van der Waals surface area contributed by atoms with E-state index >= 15 is 0 Å². The molecule has 0 aliphatic carbocycles. The summed E-state index contributed by atoms with van der Waals surface area (Å²) in [6.07, 6.45) is 0.863. The first-order chi connectivity index (χ1) is 12.8. The lowest BCUT2D eigenvalue weighted by Crippen LogP contribution is -2.24. The average Bonchev–Trinajstić information content (AvgIpc) is 2.66. The fourth-order valence-electron chi connectivity index (χ4n) is 2.71. The van der Waals surface area contributed by atoms with E-state index in [1.807, 2.05) is 44.2 Å². The highest BCUT2D eigenvalue weighted by Gasteiger charge is 2.27. The summed E-state index contributed by atoms with van der Waals surface area (Å²) in [6.45, 7) is 4.35. The van der Waals surface area contributed by atoms with Crippen molar-refractivity contribution in [1.29, 1.82) is 0 Å². The quantitative estimate of drug-likeness (QED) is 0.523. The summed E-state index contributed by atoms with van der Waals surface area (Å²) in [5, 5.41) is 5.05. The molecular formula is C20H25NO5S. The highest BCUT2D eigenvalue weighted by atomic mass is 32.2. The first-order valence-electron chi connectivity index (χ1n) is 8.80. The van der Waals surface area contributed by atoms with Crippen LogP contribution >= 0.6 is 0 Å². The van der Waals surface area contributed by atoms with E-state index in [1.165, 1.54) is 24.3 Å². The molecule has 0 heterocycles. The van der Waals surface area contributed by atoms with E-state index < -0.39 is 10.0 Å². The van der Waals surface area contributed by atoms with Crippen molar-refractivity contribution >= 4 is 16.0 Å². The van der Waals surface area contributed by atoms with Crippen molar-refractivity contribution in [3.8, 4) is 5.75 Å². The number of sulfonamides is 1. The standard InChI is InChI=1S/C20H25NO5S/c1-3-15(2)19(16-7-5-4-6-8-16)20(22)26-14-13-25-17-9-11-18(12-10-17)27(21,23)24/h4-12,15,19H,3,13-14H2,1-2H3,(H2,21,23,24)/t15-,19-/m0/s1. The normalized spacial score (nSPS) is 13.6. The second-order valence-electron chi connectivity index (χ2n) is 6.31. The first kappa shape index (κ1) is 20.9. The molecule has 2 aromatic carbocycles. The fourth-order valence-corrected chi connectivity index (χ4v) is 3.23. The minimum Gasteiger partial charge on any atom is -0.490 e. The number of primary sulfonamides is 1. The summed E-state index contributed by atoms with van der Waals surface area (Å²) in [4.78, 5) is 12.6. The van der Waals surface area contributed by atoms with Crippen LogP contribution in [-0.4, -0.2) is 27.6 Å². The van der Waals surface area contributed by atoms with Crippen LogP contribution < -0.4 is 9.88 Å². The highest BCUT2D eigenvalue weighted by Crippen LogP contribution is 2.28. The van der Waals surface area contributed by atoms with E-state index in [0.717, 1.165) is 12.0 Å². The van der Waals surface area contributed by atoms with E-state index in [9.17, 15) is 13.2 Å². The van der Waals surface area contributed by atoms with Crippen molar-refractivity contribution in [2.24, 2.45) is 11.1 Å². The first-order valence-corrected chi connectivity index (χ1v) is 10.3. The number of nitrogens with two attached hydrogens (primary N) is 1. The molecule has 2 atom stereocenters. The van der Waals surface area contributed by atoms with Crippen molar-refractivity contribution < 1.29 is 22.7 Å². The predicted octanol–water partition coefficient (Wildman–Crippen LogP) is 3.09. The lowest BCUT2D eigenvalue weighted by atomic mass is 9.86. The fraction of sp³-hybridized carbons (Fsp3) is 0.350. The molecule has 2 aromatic rings. The lowest BCUT2D eigenvalue weighted by Gasteiger charge is -2.22. The maximum atomic E-state index is 12.6. The number of benzene rings is 2. The lowest BCUT2D eigenvalue weighted by molar-refractivity contribution is -0.147. The van der Waals surface area contributed by atoms with Crippen LogP contribution in [0.25, 0.3) is 0 Å². The molecular weight excluding hydrogens is 366 g/mol. The van der Waals surface area contributed by atoms with Gasteiger partial charge >= 0.3 is 5.97 Å². The zero-order chi connectivity index (χ0) is 19.9. The van der Waals surface area contributed by atoms with E-state index in [4.69, 9.17) is 14.6 Å². The number of rotatable bonds is 9. The monoisotopic (exact) mass is 391 g/mol. The summed E-state index contributed by atoms with van der Waals surface area (Å²) < 4.78 is 33.3. The van der Waals surface area contributed by atoms with Gasteiger partial charge in [-0.25, -0.2) is 13.6 Å². The van der Waals surface area contributed by atoms with Crippen LogP contribution in [0.15, 0.2) is 59.5 Å². The van der Waals surface area contributed by atoms with Crippen LogP contribution in [0, 0.1) is 5.92 Å². The maximum Gasteiger partial charge on any atom is 0.313 e. The Bertz CT molecular complexity index is 834. The van der Waals surface area contributed by atoms with E-state index in [1.54, 1.807) is 0 Å². The minimum atomic E-state index is -3.73. The Labute approximate surface area is 160 Å². The topological polar surface area (TPSA) is 95.7 Å². The number of hydrogen-bond donors (Lipinski definition) is 1. The number of carbonyl (C=O) groups excluding carboxylic acids is 1. The molecule has 7 heteroatoms. The molecule has 0 aliphatic heterocycles. The molecule has 27 heavy (non-hydrogen) atoms. The molecule has 146 valence electrons. The van der Waals surface area contributed by atoms with Gasteiger partial charge in [0, 0.05) is 0 Å². The van der Waals surface area contributed by atoms with E-state index in [2.05, 4.69) is 0 Å². The third kappa shape index (κ3) is 6.08. The van der Waals surface area contributed by atoms with Gasteiger partial charge < -0.3 is 9.47 Å². The van der Waals surface area contributed by atoms with Crippen LogP contribution in [0.4, 0.5) is 0 Å². The van der Waals surface area contributed by atoms with Gasteiger partial charge in [-0.05, 0) is 35.7 Å². The largest absolute Gasteiger partial charge is 0.490 e. The Morgan fingerprint density at radius 1 is 1.04 bits per heavy atom. The van der Waals surface area contributed by atoms with Gasteiger partial charge in [-0.2, -0.15) is 0 Å². The van der Waals surface area contributed by atoms with E-state index in [0.29, 0.717) is 5.75 Å². The zero-order valence-electron chi connectivity index (χ0n) is 15.5. The third-order valence-electron chi connectivity index (χ3n) is 4.37. The molecule has 0 spiro atoms. The molecule has 6 nitrogen and oxygen atoms in total. The molecule has 0 radical (unpaired) electrons. The molecule has 0 saturated carbocycles. The van der Waals surface area contributed by atoms with Crippen molar-refractivity contribution in [2.75, 3.05) is 13.2 Å². The van der Waals surface area contributed by atoms with Gasteiger partial charge in [-0.15, -0.1) is 0 Å². The second-order valence-corrected chi connectivity index (χ2v) is 7.87. The molecule has 0 saturated heterocycles. The number of ether oxygens (including phenoxy) is 2. The van der Waals surface area contributed by atoms with Gasteiger partial charge in [0.25, 0.3) is 0 Å². The number of esters is 1. The molecule has 0 fully saturated rings. The number of carbonyl (C=O) groups is 1. The van der Waals surface area contributed by atoms with Crippen LogP contribution in [-0.2, 0) is 19.6 Å². The molecule has 0 bridgehead atoms. The van der Waals surface area contributed by atoms with Gasteiger partial charge in [-0.3, -0.25) is 4.79 Å². The predicted molar refractivity (Wildman–Crippen MR) is 103 cm³/mol. The Kier molecular flexibility index (Phi) is 7.38. The van der Waals surface area contributed by atoms with Gasteiger partial charge in [-0.1, -0.05) is 50.6 Å². The zero-order valence-corrected chi connectivity index (χ0v) is 16.3. The Hall–Kier alpha value is -2.38. The minimum absolute atomic E-state index is 0.0144. The molecule has 0 unspecified atom stereocenters. The van der Waals surface area contributed by atoms with Crippen molar-refractivity contribution in [3.05, 3.63) is 60.2 Å². The van der Waals surface area contributed by atoms with Crippen LogP contribution in [0.1, 0.15) is 31.7 Å². The summed E-state index contributed by atoms with van der Waals surface area (Å²) in [7, 11) is -3.73.